The van der Waals surface area contributed by atoms with Crippen molar-refractivity contribution < 1.29 is 9.84 Å². The minimum absolute atomic E-state index is 0.0372. The Morgan fingerprint density at radius 1 is 1.04 bits per heavy atom. The van der Waals surface area contributed by atoms with Crippen LogP contribution in [0.15, 0.2) is 61.1 Å². The third-order valence-electron chi connectivity index (χ3n) is 4.01. The molecule has 0 unspecified atom stereocenters. The molecule has 1 N–H and O–H groups in total. The van der Waals surface area contributed by atoms with Crippen molar-refractivity contribution in [1.82, 2.24) is 19.6 Å². The molecule has 0 saturated carbocycles. The maximum Gasteiger partial charge on any atom is 0.255 e. The Morgan fingerprint density at radius 3 is 2.58 bits per heavy atom. The largest absolute Gasteiger partial charge is 0.507 e. The summed E-state index contributed by atoms with van der Waals surface area (Å²) in [5.74, 6) is 1.27. The Morgan fingerprint density at radius 2 is 1.85 bits per heavy atom. The molecule has 6 heteroatoms. The zero-order valence-electron chi connectivity index (χ0n) is 14.5. The minimum Gasteiger partial charge on any atom is -0.507 e. The van der Waals surface area contributed by atoms with Crippen molar-refractivity contribution in [3.05, 3.63) is 61.1 Å². The first kappa shape index (κ1) is 16.1. The second-order valence-corrected chi connectivity index (χ2v) is 6.23. The van der Waals surface area contributed by atoms with E-state index in [1.165, 1.54) is 0 Å². The molecule has 0 amide bonds. The van der Waals surface area contributed by atoms with Gasteiger partial charge in [0.2, 0.25) is 0 Å². The minimum atomic E-state index is 0.0372. The van der Waals surface area contributed by atoms with Gasteiger partial charge in [0.25, 0.3) is 5.78 Å². The summed E-state index contributed by atoms with van der Waals surface area (Å²) in [6, 6.07) is 15.2. The van der Waals surface area contributed by atoms with Crippen molar-refractivity contribution in [2.24, 2.45) is 0 Å². The molecule has 0 bridgehead atoms. The topological polar surface area (TPSA) is 72.5 Å². The summed E-state index contributed by atoms with van der Waals surface area (Å²) in [5.41, 5.74) is 3.31. The van der Waals surface area contributed by atoms with Crippen LogP contribution in [0.2, 0.25) is 0 Å². The molecule has 0 spiro atoms. The van der Waals surface area contributed by atoms with E-state index in [9.17, 15) is 5.11 Å². The molecule has 26 heavy (non-hydrogen) atoms. The fraction of sp³-hybridized carbons (Fsp3) is 0.150. The third-order valence-corrected chi connectivity index (χ3v) is 4.01. The van der Waals surface area contributed by atoms with Crippen LogP contribution in [-0.2, 0) is 0 Å². The molecule has 130 valence electrons. The van der Waals surface area contributed by atoms with E-state index in [0.29, 0.717) is 17.1 Å². The molecule has 2 aromatic heterocycles. The van der Waals surface area contributed by atoms with E-state index in [0.717, 1.165) is 16.8 Å². The number of phenols is 1. The van der Waals surface area contributed by atoms with Crippen LogP contribution in [0.1, 0.15) is 13.8 Å². The lowest BCUT2D eigenvalue weighted by atomic mass is 9.99. The smallest absolute Gasteiger partial charge is 0.255 e. The van der Waals surface area contributed by atoms with Gasteiger partial charge in [-0.3, -0.25) is 4.40 Å². The molecular formula is C20H18N4O2. The van der Waals surface area contributed by atoms with Gasteiger partial charge in [0, 0.05) is 23.4 Å². The van der Waals surface area contributed by atoms with Crippen molar-refractivity contribution >= 4 is 5.78 Å². The molecule has 0 radical (unpaired) electrons. The Kier molecular flexibility index (Phi) is 4.01. The Hall–Kier alpha value is -3.41. The number of ether oxygens (including phenoxy) is 1. The number of hydrogen-bond acceptors (Lipinski definition) is 5. The van der Waals surface area contributed by atoms with Crippen molar-refractivity contribution in [3.8, 4) is 33.9 Å². The number of rotatable bonds is 4. The second kappa shape index (κ2) is 6.48. The zero-order valence-corrected chi connectivity index (χ0v) is 14.5. The Balaban J connectivity index is 1.92. The predicted molar refractivity (Wildman–Crippen MR) is 99.1 cm³/mol. The first-order valence-electron chi connectivity index (χ1n) is 8.37. The van der Waals surface area contributed by atoms with E-state index in [1.54, 1.807) is 18.6 Å². The van der Waals surface area contributed by atoms with Crippen LogP contribution in [0.5, 0.6) is 11.5 Å². The van der Waals surface area contributed by atoms with Crippen LogP contribution >= 0.6 is 0 Å². The molecule has 0 saturated heterocycles. The molecular weight excluding hydrogens is 328 g/mol. The van der Waals surface area contributed by atoms with Crippen LogP contribution in [0.4, 0.5) is 0 Å². The highest BCUT2D eigenvalue weighted by Gasteiger charge is 2.17. The second-order valence-electron chi connectivity index (χ2n) is 6.23. The van der Waals surface area contributed by atoms with Crippen molar-refractivity contribution in [2.75, 3.05) is 0 Å². The molecule has 0 aliphatic carbocycles. The van der Waals surface area contributed by atoms with Crippen molar-refractivity contribution in [2.45, 2.75) is 20.0 Å². The number of hydrogen-bond donors (Lipinski definition) is 1. The van der Waals surface area contributed by atoms with Crippen molar-refractivity contribution in [1.29, 1.82) is 0 Å². The van der Waals surface area contributed by atoms with Crippen LogP contribution in [0.3, 0.4) is 0 Å². The van der Waals surface area contributed by atoms with Gasteiger partial charge in [0.15, 0.2) is 0 Å². The molecule has 6 nitrogen and oxygen atoms in total. The van der Waals surface area contributed by atoms with Crippen LogP contribution in [0.25, 0.3) is 28.2 Å². The molecule has 0 fully saturated rings. The fourth-order valence-corrected chi connectivity index (χ4v) is 2.96. The summed E-state index contributed by atoms with van der Waals surface area (Å²) in [4.78, 5) is 4.36. The van der Waals surface area contributed by atoms with Gasteiger partial charge in [0.05, 0.1) is 11.8 Å². The molecule has 0 atom stereocenters. The van der Waals surface area contributed by atoms with Gasteiger partial charge in [-0.2, -0.15) is 0 Å². The maximum absolute atomic E-state index is 10.6. The highest BCUT2D eigenvalue weighted by Crippen LogP contribution is 2.38. The van der Waals surface area contributed by atoms with Crippen molar-refractivity contribution in [3.63, 3.8) is 0 Å². The monoisotopic (exact) mass is 346 g/mol. The lowest BCUT2D eigenvalue weighted by Crippen LogP contribution is -2.05. The number of phenolic OH excluding ortho intramolecular Hbond substituents is 1. The standard InChI is InChI=1S/C20H18N4O2/c1-13(2)26-15-8-9-16(18(25)10-15)17-11-21-20-23-22-12-24(20)19(17)14-6-4-3-5-7-14/h3-13,25H,1-2H3. The highest BCUT2D eigenvalue weighted by molar-refractivity contribution is 5.84. The molecule has 0 aliphatic rings. The average Bonchev–Trinajstić information content (AvgIpc) is 3.10. The van der Waals surface area contributed by atoms with E-state index >= 15 is 0 Å². The van der Waals surface area contributed by atoms with Gasteiger partial charge < -0.3 is 9.84 Å². The van der Waals surface area contributed by atoms with E-state index < -0.39 is 0 Å². The van der Waals surface area contributed by atoms with E-state index in [4.69, 9.17) is 4.74 Å². The summed E-state index contributed by atoms with van der Waals surface area (Å²) in [6.45, 7) is 3.89. The van der Waals surface area contributed by atoms with Gasteiger partial charge in [-0.15, -0.1) is 10.2 Å². The molecule has 4 rings (SSSR count). The summed E-state index contributed by atoms with van der Waals surface area (Å²) in [5, 5.41) is 18.6. The van der Waals surface area contributed by atoms with Crippen LogP contribution in [-0.4, -0.2) is 30.8 Å². The molecule has 0 aliphatic heterocycles. The Labute approximate surface area is 150 Å². The zero-order chi connectivity index (χ0) is 18.1. The third kappa shape index (κ3) is 2.86. The highest BCUT2D eigenvalue weighted by atomic mass is 16.5. The van der Waals surface area contributed by atoms with E-state index in [1.807, 2.05) is 60.7 Å². The lowest BCUT2D eigenvalue weighted by molar-refractivity contribution is 0.241. The van der Waals surface area contributed by atoms with Gasteiger partial charge in [-0.05, 0) is 31.5 Å². The van der Waals surface area contributed by atoms with Gasteiger partial charge in [-0.1, -0.05) is 30.3 Å². The molecule has 4 aromatic rings. The molecule has 2 heterocycles. The summed E-state index contributed by atoms with van der Waals surface area (Å²) in [7, 11) is 0. The van der Waals surface area contributed by atoms with Gasteiger partial charge in [0.1, 0.15) is 17.8 Å². The quantitative estimate of drug-likeness (QED) is 0.606. The molecule has 2 aromatic carbocycles. The summed E-state index contributed by atoms with van der Waals surface area (Å²) >= 11 is 0. The number of aromatic hydroxyl groups is 1. The summed E-state index contributed by atoms with van der Waals surface area (Å²) < 4.78 is 7.48. The number of aromatic nitrogens is 4. The first-order valence-corrected chi connectivity index (χ1v) is 8.37. The SMILES string of the molecule is CC(C)Oc1ccc(-c2cnc3nncn3c2-c2ccccc2)c(O)c1. The lowest BCUT2D eigenvalue weighted by Gasteiger charge is -2.15. The van der Waals surface area contributed by atoms with E-state index in [-0.39, 0.29) is 11.9 Å². The van der Waals surface area contributed by atoms with Gasteiger partial charge in [-0.25, -0.2) is 4.98 Å². The number of fused-ring (bicyclic) bond motifs is 1. The normalized spacial score (nSPS) is 11.2. The average molecular weight is 346 g/mol. The summed E-state index contributed by atoms with van der Waals surface area (Å²) in [6.07, 6.45) is 3.38. The van der Waals surface area contributed by atoms with Crippen LogP contribution in [0, 0.1) is 0 Å². The maximum atomic E-state index is 10.6. The number of benzene rings is 2. The first-order chi connectivity index (χ1) is 12.6. The Bertz CT molecular complexity index is 1060. The van der Waals surface area contributed by atoms with E-state index in [2.05, 4.69) is 15.2 Å². The van der Waals surface area contributed by atoms with Gasteiger partial charge >= 0.3 is 0 Å². The van der Waals surface area contributed by atoms with Crippen LogP contribution < -0.4 is 4.74 Å². The predicted octanol–water partition coefficient (Wildman–Crippen LogP) is 3.95. The fourth-order valence-electron chi connectivity index (χ4n) is 2.96. The number of nitrogens with zero attached hydrogens (tertiary/aromatic N) is 4.